The third kappa shape index (κ3) is 5.56. The molecule has 1 N–H and O–H groups in total. The molecular formula is C14H26N4. The summed E-state index contributed by atoms with van der Waals surface area (Å²) in [6, 6.07) is 0. The van der Waals surface area contributed by atoms with Gasteiger partial charge in [0.15, 0.2) is 0 Å². The van der Waals surface area contributed by atoms with Crippen molar-refractivity contribution >= 4 is 0 Å². The fourth-order valence-electron chi connectivity index (χ4n) is 1.52. The minimum atomic E-state index is 0.121. The van der Waals surface area contributed by atoms with Gasteiger partial charge in [-0.3, -0.25) is 0 Å². The summed E-state index contributed by atoms with van der Waals surface area (Å²) in [6.07, 6.45) is 2.85. The van der Waals surface area contributed by atoms with E-state index in [4.69, 9.17) is 0 Å². The van der Waals surface area contributed by atoms with Crippen LogP contribution in [0.25, 0.3) is 0 Å². The molecule has 0 saturated heterocycles. The first-order valence-electron chi connectivity index (χ1n) is 6.49. The highest BCUT2D eigenvalue weighted by Crippen LogP contribution is 2.07. The van der Waals surface area contributed by atoms with Crippen LogP contribution in [0.3, 0.4) is 0 Å². The summed E-state index contributed by atoms with van der Waals surface area (Å²) in [7, 11) is 4.13. The van der Waals surface area contributed by atoms with E-state index < -0.39 is 0 Å². The first-order chi connectivity index (χ1) is 8.28. The molecule has 0 amide bonds. The fourth-order valence-corrected chi connectivity index (χ4v) is 1.52. The van der Waals surface area contributed by atoms with Crippen molar-refractivity contribution in [2.45, 2.75) is 46.2 Å². The predicted molar refractivity (Wildman–Crippen MR) is 75.6 cm³/mol. The van der Waals surface area contributed by atoms with Crippen LogP contribution >= 0.6 is 0 Å². The minimum Gasteiger partial charge on any atom is -0.309 e. The molecule has 0 aromatic carbocycles. The summed E-state index contributed by atoms with van der Waals surface area (Å²) in [6.45, 7) is 10.3. The fraction of sp³-hybridized carbons (Fsp3) is 0.714. The van der Waals surface area contributed by atoms with Crippen molar-refractivity contribution in [3.8, 4) is 0 Å². The standard InChI is InChI=1S/C14H26N4/c1-11-12(10-16-14(2,3)4)9-15-13(17-11)7-8-18(5)6/h9,16H,7-8,10H2,1-6H3. The normalized spacial score (nSPS) is 12.2. The summed E-state index contributed by atoms with van der Waals surface area (Å²) < 4.78 is 0. The Balaban J connectivity index is 2.62. The Labute approximate surface area is 111 Å². The minimum absolute atomic E-state index is 0.121. The second-order valence-corrected chi connectivity index (χ2v) is 6.05. The largest absolute Gasteiger partial charge is 0.309 e. The highest BCUT2D eigenvalue weighted by molar-refractivity contribution is 5.16. The highest BCUT2D eigenvalue weighted by Gasteiger charge is 2.10. The van der Waals surface area contributed by atoms with Crippen molar-refractivity contribution in [2.24, 2.45) is 0 Å². The molecular weight excluding hydrogens is 224 g/mol. The Morgan fingerprint density at radius 1 is 1.28 bits per heavy atom. The summed E-state index contributed by atoms with van der Waals surface area (Å²) in [5.41, 5.74) is 2.38. The van der Waals surface area contributed by atoms with Gasteiger partial charge in [0.2, 0.25) is 0 Å². The van der Waals surface area contributed by atoms with Gasteiger partial charge in [0.25, 0.3) is 0 Å². The number of nitrogens with zero attached hydrogens (tertiary/aromatic N) is 3. The Bertz CT molecular complexity index is 380. The SMILES string of the molecule is Cc1nc(CCN(C)C)ncc1CNC(C)(C)C. The maximum Gasteiger partial charge on any atom is 0.129 e. The van der Waals surface area contributed by atoms with Gasteiger partial charge in [-0.1, -0.05) is 0 Å². The molecule has 1 rings (SSSR count). The van der Waals surface area contributed by atoms with Gasteiger partial charge >= 0.3 is 0 Å². The number of nitrogens with one attached hydrogen (secondary N) is 1. The monoisotopic (exact) mass is 250 g/mol. The quantitative estimate of drug-likeness (QED) is 0.865. The molecule has 0 aliphatic heterocycles. The van der Waals surface area contributed by atoms with Crippen LogP contribution in [0, 0.1) is 6.92 Å². The lowest BCUT2D eigenvalue weighted by molar-refractivity contribution is 0.408. The number of aryl methyl sites for hydroxylation is 1. The Morgan fingerprint density at radius 3 is 2.44 bits per heavy atom. The molecule has 1 heterocycles. The van der Waals surface area contributed by atoms with Crippen molar-refractivity contribution in [3.05, 3.63) is 23.3 Å². The van der Waals surface area contributed by atoms with Gasteiger partial charge in [0.1, 0.15) is 5.82 Å². The second kappa shape index (κ2) is 6.25. The molecule has 0 fully saturated rings. The molecule has 0 unspecified atom stereocenters. The maximum absolute atomic E-state index is 4.57. The molecule has 0 aliphatic rings. The molecule has 4 nitrogen and oxygen atoms in total. The number of likely N-dealkylation sites (N-methyl/N-ethyl adjacent to an activating group) is 1. The third-order valence-electron chi connectivity index (χ3n) is 2.72. The molecule has 1 aromatic rings. The number of hydrogen-bond acceptors (Lipinski definition) is 4. The van der Waals surface area contributed by atoms with Gasteiger partial charge < -0.3 is 10.2 Å². The molecule has 1 aromatic heterocycles. The zero-order chi connectivity index (χ0) is 13.8. The van der Waals surface area contributed by atoms with E-state index in [1.807, 2.05) is 6.20 Å². The van der Waals surface area contributed by atoms with Gasteiger partial charge in [0, 0.05) is 42.5 Å². The Morgan fingerprint density at radius 2 is 1.94 bits per heavy atom. The summed E-state index contributed by atoms with van der Waals surface area (Å²) in [5.74, 6) is 0.931. The first-order valence-corrected chi connectivity index (χ1v) is 6.49. The molecule has 0 aliphatic carbocycles. The van der Waals surface area contributed by atoms with E-state index in [9.17, 15) is 0 Å². The summed E-state index contributed by atoms with van der Waals surface area (Å²) >= 11 is 0. The van der Waals surface area contributed by atoms with E-state index in [2.05, 4.69) is 62.0 Å². The van der Waals surface area contributed by atoms with Crippen LogP contribution in [0.4, 0.5) is 0 Å². The van der Waals surface area contributed by atoms with Crippen molar-refractivity contribution in [2.75, 3.05) is 20.6 Å². The highest BCUT2D eigenvalue weighted by atomic mass is 15.1. The number of hydrogen-bond donors (Lipinski definition) is 1. The third-order valence-corrected chi connectivity index (χ3v) is 2.72. The van der Waals surface area contributed by atoms with Crippen LogP contribution in [-0.4, -0.2) is 41.0 Å². The van der Waals surface area contributed by atoms with Gasteiger partial charge in [-0.05, 0) is 41.8 Å². The first kappa shape index (κ1) is 15.1. The molecule has 18 heavy (non-hydrogen) atoms. The maximum atomic E-state index is 4.57. The average Bonchev–Trinajstić information content (AvgIpc) is 2.23. The predicted octanol–water partition coefficient (Wildman–Crippen LogP) is 1.78. The van der Waals surface area contributed by atoms with E-state index in [1.54, 1.807) is 0 Å². The van der Waals surface area contributed by atoms with Gasteiger partial charge in [-0.25, -0.2) is 9.97 Å². The van der Waals surface area contributed by atoms with Crippen LogP contribution in [-0.2, 0) is 13.0 Å². The average molecular weight is 250 g/mol. The molecule has 4 heteroatoms. The summed E-state index contributed by atoms with van der Waals surface area (Å²) in [4.78, 5) is 11.1. The summed E-state index contributed by atoms with van der Waals surface area (Å²) in [5, 5.41) is 3.46. The Kier molecular flexibility index (Phi) is 5.23. The lowest BCUT2D eigenvalue weighted by atomic mass is 10.1. The van der Waals surface area contributed by atoms with E-state index in [0.29, 0.717) is 0 Å². The van der Waals surface area contributed by atoms with Crippen molar-refractivity contribution in [1.29, 1.82) is 0 Å². The van der Waals surface area contributed by atoms with Gasteiger partial charge in [-0.15, -0.1) is 0 Å². The van der Waals surface area contributed by atoms with E-state index >= 15 is 0 Å². The second-order valence-electron chi connectivity index (χ2n) is 6.05. The lowest BCUT2D eigenvalue weighted by Gasteiger charge is -2.21. The Hall–Kier alpha value is -1.00. The van der Waals surface area contributed by atoms with Gasteiger partial charge in [0.05, 0.1) is 0 Å². The number of rotatable bonds is 5. The van der Waals surface area contributed by atoms with Crippen LogP contribution < -0.4 is 5.32 Å². The zero-order valence-corrected chi connectivity index (χ0v) is 12.5. The van der Waals surface area contributed by atoms with Crippen molar-refractivity contribution in [3.63, 3.8) is 0 Å². The number of aromatic nitrogens is 2. The van der Waals surface area contributed by atoms with Crippen LogP contribution in [0.5, 0.6) is 0 Å². The molecule has 0 bridgehead atoms. The lowest BCUT2D eigenvalue weighted by Crippen LogP contribution is -2.35. The van der Waals surface area contributed by atoms with Crippen molar-refractivity contribution in [1.82, 2.24) is 20.2 Å². The van der Waals surface area contributed by atoms with Crippen LogP contribution in [0.1, 0.15) is 37.9 Å². The molecule has 0 atom stereocenters. The van der Waals surface area contributed by atoms with Gasteiger partial charge in [-0.2, -0.15) is 0 Å². The van der Waals surface area contributed by atoms with E-state index in [0.717, 1.165) is 31.0 Å². The van der Waals surface area contributed by atoms with Crippen LogP contribution in [0.2, 0.25) is 0 Å². The molecule has 0 spiro atoms. The molecule has 0 saturated carbocycles. The van der Waals surface area contributed by atoms with Crippen molar-refractivity contribution < 1.29 is 0 Å². The molecule has 0 radical (unpaired) electrons. The molecule has 102 valence electrons. The topological polar surface area (TPSA) is 41.1 Å². The van der Waals surface area contributed by atoms with Crippen LogP contribution in [0.15, 0.2) is 6.20 Å². The van der Waals surface area contributed by atoms with E-state index in [-0.39, 0.29) is 5.54 Å². The smallest absolute Gasteiger partial charge is 0.129 e. The van der Waals surface area contributed by atoms with E-state index in [1.165, 1.54) is 5.56 Å². The zero-order valence-electron chi connectivity index (χ0n) is 12.5.